The van der Waals surface area contributed by atoms with E-state index >= 15 is 0 Å². The molecule has 2 heterocycles. The fourth-order valence-electron chi connectivity index (χ4n) is 4.08. The number of thioether (sulfide) groups is 1. The number of nitrogens with zero attached hydrogens (tertiary/aromatic N) is 1. The highest BCUT2D eigenvalue weighted by Gasteiger charge is 2.37. The smallest absolute Gasteiger partial charge is 0.0149 e. The first-order valence-electron chi connectivity index (χ1n) is 8.32. The fraction of sp³-hybridized carbons (Fsp3) is 0.667. The van der Waals surface area contributed by atoms with Gasteiger partial charge in [-0.2, -0.15) is 11.8 Å². The third-order valence-corrected chi connectivity index (χ3v) is 6.20. The Kier molecular flexibility index (Phi) is 4.92. The van der Waals surface area contributed by atoms with E-state index in [1.165, 1.54) is 32.5 Å². The van der Waals surface area contributed by atoms with E-state index in [0.717, 1.165) is 23.6 Å². The van der Waals surface area contributed by atoms with Gasteiger partial charge >= 0.3 is 0 Å². The third kappa shape index (κ3) is 3.64. The van der Waals surface area contributed by atoms with Gasteiger partial charge < -0.3 is 10.2 Å². The minimum absolute atomic E-state index is 0.355. The number of benzene rings is 1. The average Bonchev–Trinajstić information content (AvgIpc) is 2.48. The first kappa shape index (κ1) is 15.4. The average molecular weight is 305 g/mol. The van der Waals surface area contributed by atoms with Gasteiger partial charge in [-0.15, -0.1) is 0 Å². The molecule has 0 spiro atoms. The van der Waals surface area contributed by atoms with Gasteiger partial charge in [0, 0.05) is 35.5 Å². The highest BCUT2D eigenvalue weighted by Crippen LogP contribution is 2.36. The number of hydrogen-bond donors (Lipinski definition) is 1. The van der Waals surface area contributed by atoms with Crippen LogP contribution in [0.1, 0.15) is 32.3 Å². The van der Waals surface area contributed by atoms with Gasteiger partial charge in [0.25, 0.3) is 0 Å². The quantitative estimate of drug-likeness (QED) is 0.923. The summed E-state index contributed by atoms with van der Waals surface area (Å²) in [5.41, 5.74) is 1.90. The van der Waals surface area contributed by atoms with Crippen molar-refractivity contribution in [3.05, 3.63) is 35.9 Å². The van der Waals surface area contributed by atoms with Crippen molar-refractivity contribution in [2.45, 2.75) is 42.6 Å². The van der Waals surface area contributed by atoms with Crippen molar-refractivity contribution in [3.8, 4) is 0 Å². The van der Waals surface area contributed by atoms with E-state index in [-0.39, 0.29) is 0 Å². The van der Waals surface area contributed by atoms with E-state index in [4.69, 9.17) is 0 Å². The zero-order valence-electron chi connectivity index (χ0n) is 13.3. The van der Waals surface area contributed by atoms with Crippen molar-refractivity contribution in [2.75, 3.05) is 32.7 Å². The number of rotatable bonds is 3. The Morgan fingerprint density at radius 2 is 1.71 bits per heavy atom. The predicted octanol–water partition coefficient (Wildman–Crippen LogP) is 3.13. The summed E-state index contributed by atoms with van der Waals surface area (Å²) in [6, 6.07) is 11.2. The maximum atomic E-state index is 3.54. The van der Waals surface area contributed by atoms with Crippen molar-refractivity contribution < 1.29 is 0 Å². The van der Waals surface area contributed by atoms with Crippen molar-refractivity contribution in [1.82, 2.24) is 10.2 Å². The van der Waals surface area contributed by atoms with E-state index in [9.17, 15) is 0 Å². The van der Waals surface area contributed by atoms with Crippen molar-refractivity contribution in [1.29, 1.82) is 0 Å². The van der Waals surface area contributed by atoms with E-state index in [1.54, 1.807) is 5.56 Å². The first-order chi connectivity index (χ1) is 10.2. The molecule has 2 unspecified atom stereocenters. The van der Waals surface area contributed by atoms with Crippen LogP contribution in [0, 0.1) is 0 Å². The van der Waals surface area contributed by atoms with Crippen LogP contribution in [0.2, 0.25) is 0 Å². The van der Waals surface area contributed by atoms with Crippen LogP contribution < -0.4 is 5.32 Å². The molecule has 0 saturated carbocycles. The molecule has 0 radical (unpaired) electrons. The highest BCUT2D eigenvalue weighted by molar-refractivity contribution is 8.00. The number of hydrogen-bond acceptors (Lipinski definition) is 3. The van der Waals surface area contributed by atoms with E-state index in [0.29, 0.717) is 5.41 Å². The van der Waals surface area contributed by atoms with Crippen LogP contribution in [0.15, 0.2) is 30.3 Å². The molecule has 2 aliphatic rings. The summed E-state index contributed by atoms with van der Waals surface area (Å²) in [7, 11) is 0. The second-order valence-electron chi connectivity index (χ2n) is 6.85. The van der Waals surface area contributed by atoms with Gasteiger partial charge in [-0.05, 0) is 31.5 Å². The second-order valence-corrected chi connectivity index (χ2v) is 8.73. The van der Waals surface area contributed by atoms with E-state index in [1.807, 2.05) is 0 Å². The summed E-state index contributed by atoms with van der Waals surface area (Å²) >= 11 is 2.15. The standard InChI is InChI=1S/C18H28N2S/c1-15-12-20(13-16(2)21-15)14-18(8-10-19-11-9-18)17-6-4-3-5-7-17/h3-7,15-16,19H,8-14H2,1-2H3. The van der Waals surface area contributed by atoms with Gasteiger partial charge in [-0.1, -0.05) is 44.2 Å². The maximum Gasteiger partial charge on any atom is 0.0149 e. The van der Waals surface area contributed by atoms with Crippen LogP contribution in [-0.4, -0.2) is 48.1 Å². The molecule has 2 fully saturated rings. The van der Waals surface area contributed by atoms with Crippen LogP contribution in [0.4, 0.5) is 0 Å². The molecule has 2 saturated heterocycles. The van der Waals surface area contributed by atoms with E-state index in [2.05, 4.69) is 66.2 Å². The number of piperidine rings is 1. The molecular weight excluding hydrogens is 276 g/mol. The third-order valence-electron chi connectivity index (χ3n) is 4.97. The number of nitrogens with one attached hydrogen (secondary N) is 1. The SMILES string of the molecule is CC1CN(CC2(c3ccccc3)CCNCC2)CC(C)S1. The lowest BCUT2D eigenvalue weighted by Gasteiger charge is -2.45. The van der Waals surface area contributed by atoms with E-state index < -0.39 is 0 Å². The molecule has 0 amide bonds. The molecule has 2 nitrogen and oxygen atoms in total. The monoisotopic (exact) mass is 304 g/mol. The van der Waals surface area contributed by atoms with Crippen LogP contribution in [0.5, 0.6) is 0 Å². The Morgan fingerprint density at radius 1 is 1.10 bits per heavy atom. The van der Waals surface area contributed by atoms with Crippen molar-refractivity contribution in [2.24, 2.45) is 0 Å². The second kappa shape index (κ2) is 6.72. The Hall–Kier alpha value is -0.510. The molecule has 0 bridgehead atoms. The first-order valence-corrected chi connectivity index (χ1v) is 9.26. The van der Waals surface area contributed by atoms with Gasteiger partial charge in [0.2, 0.25) is 0 Å². The van der Waals surface area contributed by atoms with Crippen LogP contribution in [0.3, 0.4) is 0 Å². The molecule has 3 rings (SSSR count). The summed E-state index contributed by atoms with van der Waals surface area (Å²) in [4.78, 5) is 2.73. The molecule has 2 aliphatic heterocycles. The van der Waals surface area contributed by atoms with Crippen LogP contribution in [-0.2, 0) is 5.41 Å². The van der Waals surface area contributed by atoms with Gasteiger partial charge in [0.15, 0.2) is 0 Å². The van der Waals surface area contributed by atoms with Crippen molar-refractivity contribution in [3.63, 3.8) is 0 Å². The topological polar surface area (TPSA) is 15.3 Å². The molecular formula is C18H28N2S. The molecule has 0 aromatic heterocycles. The largest absolute Gasteiger partial charge is 0.317 e. The zero-order valence-corrected chi connectivity index (χ0v) is 14.2. The summed E-state index contributed by atoms with van der Waals surface area (Å²) in [5.74, 6) is 0. The fourth-order valence-corrected chi connectivity index (χ4v) is 5.46. The van der Waals surface area contributed by atoms with Gasteiger partial charge in [0.05, 0.1) is 0 Å². The lowest BCUT2D eigenvalue weighted by molar-refractivity contribution is 0.172. The van der Waals surface area contributed by atoms with Gasteiger partial charge in [-0.25, -0.2) is 0 Å². The Balaban J connectivity index is 1.80. The van der Waals surface area contributed by atoms with Crippen LogP contribution in [0.25, 0.3) is 0 Å². The summed E-state index contributed by atoms with van der Waals surface area (Å²) in [5, 5.41) is 5.08. The normalized spacial score (nSPS) is 30.2. The Labute approximate surface area is 133 Å². The minimum Gasteiger partial charge on any atom is -0.317 e. The molecule has 1 N–H and O–H groups in total. The molecule has 1 aromatic rings. The molecule has 0 aliphatic carbocycles. The Morgan fingerprint density at radius 3 is 2.33 bits per heavy atom. The summed E-state index contributed by atoms with van der Waals surface area (Å²) in [6.07, 6.45) is 2.53. The molecule has 2 atom stereocenters. The highest BCUT2D eigenvalue weighted by atomic mass is 32.2. The maximum absolute atomic E-state index is 3.54. The summed E-state index contributed by atoms with van der Waals surface area (Å²) in [6.45, 7) is 10.8. The molecule has 3 heteroatoms. The van der Waals surface area contributed by atoms with Crippen LogP contribution >= 0.6 is 11.8 Å². The van der Waals surface area contributed by atoms with Crippen molar-refractivity contribution >= 4 is 11.8 Å². The lowest BCUT2D eigenvalue weighted by atomic mass is 9.72. The lowest BCUT2D eigenvalue weighted by Crippen LogP contribution is -2.51. The molecule has 1 aromatic carbocycles. The zero-order chi connectivity index (χ0) is 14.7. The van der Waals surface area contributed by atoms with Gasteiger partial charge in [-0.3, -0.25) is 0 Å². The summed E-state index contributed by atoms with van der Waals surface area (Å²) < 4.78 is 0. The van der Waals surface area contributed by atoms with Gasteiger partial charge in [0.1, 0.15) is 0 Å². The Bertz CT molecular complexity index is 432. The predicted molar refractivity (Wildman–Crippen MR) is 93.2 cm³/mol. The molecule has 21 heavy (non-hydrogen) atoms. The minimum atomic E-state index is 0.355. The molecule has 116 valence electrons.